The minimum absolute atomic E-state index is 0.534. The normalized spacial score (nSPS) is 35.2. The van der Waals surface area contributed by atoms with E-state index in [0.717, 1.165) is 0 Å². The van der Waals surface area contributed by atoms with Crippen LogP contribution >= 0.6 is 0 Å². The van der Waals surface area contributed by atoms with Crippen LogP contribution in [0.3, 0.4) is 0 Å². The van der Waals surface area contributed by atoms with Crippen molar-refractivity contribution in [3.63, 3.8) is 0 Å². The van der Waals surface area contributed by atoms with Gasteiger partial charge in [0.05, 0.1) is 0 Å². The lowest BCUT2D eigenvalue weighted by atomic mass is 9.63. The Morgan fingerprint density at radius 2 is 1.42 bits per heavy atom. The maximum atomic E-state index is 6.24. The van der Waals surface area contributed by atoms with Crippen molar-refractivity contribution in [2.24, 2.45) is 11.1 Å². The highest BCUT2D eigenvalue weighted by Gasteiger charge is 2.38. The highest BCUT2D eigenvalue weighted by atomic mass is 14.7. The molecule has 2 fully saturated rings. The molecule has 0 aromatic heterocycles. The van der Waals surface area contributed by atoms with Crippen LogP contribution < -0.4 is 5.73 Å². The van der Waals surface area contributed by atoms with E-state index in [1.807, 2.05) is 0 Å². The average molecular weight is 167 g/mol. The zero-order valence-corrected chi connectivity index (χ0v) is 8.02. The van der Waals surface area contributed by atoms with Gasteiger partial charge < -0.3 is 5.73 Å². The first-order valence-corrected chi connectivity index (χ1v) is 5.59. The second-order valence-electron chi connectivity index (χ2n) is 4.78. The number of rotatable bonds is 0. The minimum atomic E-state index is 0.534. The fraction of sp³-hybridized carbons (Fsp3) is 1.00. The van der Waals surface area contributed by atoms with E-state index >= 15 is 0 Å². The fourth-order valence-electron chi connectivity index (χ4n) is 3.21. The van der Waals surface area contributed by atoms with E-state index in [-0.39, 0.29) is 0 Å². The van der Waals surface area contributed by atoms with Gasteiger partial charge in [-0.2, -0.15) is 0 Å². The van der Waals surface area contributed by atoms with Crippen molar-refractivity contribution in [3.8, 4) is 0 Å². The monoisotopic (exact) mass is 167 g/mol. The molecule has 1 unspecified atom stereocenters. The van der Waals surface area contributed by atoms with Gasteiger partial charge in [0.25, 0.3) is 0 Å². The molecule has 0 heterocycles. The Labute approximate surface area is 75.7 Å². The third-order valence-electron chi connectivity index (χ3n) is 4.08. The lowest BCUT2D eigenvalue weighted by Crippen LogP contribution is -2.45. The third kappa shape index (κ3) is 1.39. The van der Waals surface area contributed by atoms with Crippen molar-refractivity contribution in [1.29, 1.82) is 0 Å². The molecule has 0 amide bonds. The molecule has 2 saturated carbocycles. The van der Waals surface area contributed by atoms with E-state index in [9.17, 15) is 0 Å². The Kier molecular flexibility index (Phi) is 2.40. The molecule has 1 heteroatoms. The predicted molar refractivity (Wildman–Crippen MR) is 52.0 cm³/mol. The first-order valence-electron chi connectivity index (χ1n) is 5.59. The van der Waals surface area contributed by atoms with Crippen LogP contribution in [-0.4, -0.2) is 6.04 Å². The van der Waals surface area contributed by atoms with Crippen LogP contribution in [0.25, 0.3) is 0 Å². The second-order valence-corrected chi connectivity index (χ2v) is 4.78. The van der Waals surface area contributed by atoms with Gasteiger partial charge in [0.15, 0.2) is 0 Å². The average Bonchev–Trinajstić information content (AvgIpc) is 2.12. The van der Waals surface area contributed by atoms with Gasteiger partial charge in [-0.25, -0.2) is 0 Å². The molecule has 2 rings (SSSR count). The standard InChI is InChI=1S/C11H21N/c12-10-6-2-5-9-11(10)7-3-1-4-8-11/h10H,1-9,12H2. The molecule has 0 aromatic rings. The van der Waals surface area contributed by atoms with E-state index in [0.29, 0.717) is 11.5 Å². The van der Waals surface area contributed by atoms with E-state index in [4.69, 9.17) is 5.73 Å². The number of nitrogens with two attached hydrogens (primary N) is 1. The van der Waals surface area contributed by atoms with Gasteiger partial charge in [-0.15, -0.1) is 0 Å². The van der Waals surface area contributed by atoms with Crippen LogP contribution in [0.1, 0.15) is 57.8 Å². The molecule has 70 valence electrons. The summed E-state index contributed by atoms with van der Waals surface area (Å²) >= 11 is 0. The molecule has 12 heavy (non-hydrogen) atoms. The van der Waals surface area contributed by atoms with Crippen LogP contribution in [0.2, 0.25) is 0 Å². The minimum Gasteiger partial charge on any atom is -0.327 e. The Balaban J connectivity index is 2.04. The van der Waals surface area contributed by atoms with E-state index in [1.165, 1.54) is 57.8 Å². The largest absolute Gasteiger partial charge is 0.327 e. The van der Waals surface area contributed by atoms with Gasteiger partial charge in [-0.3, -0.25) is 0 Å². The molecule has 0 saturated heterocycles. The molecule has 0 aliphatic heterocycles. The molecular weight excluding hydrogens is 146 g/mol. The maximum Gasteiger partial charge on any atom is 0.00955 e. The van der Waals surface area contributed by atoms with Crippen LogP contribution in [0, 0.1) is 5.41 Å². The summed E-state index contributed by atoms with van der Waals surface area (Å²) in [6.07, 6.45) is 12.7. The molecular formula is C11H21N. The molecule has 0 radical (unpaired) electrons. The molecule has 0 bridgehead atoms. The molecule has 1 atom stereocenters. The highest BCUT2D eigenvalue weighted by molar-refractivity contribution is 4.93. The topological polar surface area (TPSA) is 26.0 Å². The summed E-state index contributed by atoms with van der Waals surface area (Å²) in [5.74, 6) is 0. The maximum absolute atomic E-state index is 6.24. The SMILES string of the molecule is NC1CCCCC12CCCCC2. The predicted octanol–water partition coefficient (Wildman–Crippen LogP) is 2.84. The lowest BCUT2D eigenvalue weighted by molar-refractivity contribution is 0.0960. The molecule has 2 aliphatic carbocycles. The summed E-state index contributed by atoms with van der Waals surface area (Å²) in [5, 5.41) is 0. The Hall–Kier alpha value is -0.0400. The second kappa shape index (κ2) is 3.37. The quantitative estimate of drug-likeness (QED) is 0.590. The van der Waals surface area contributed by atoms with Gasteiger partial charge in [-0.05, 0) is 31.1 Å². The van der Waals surface area contributed by atoms with Crippen molar-refractivity contribution in [3.05, 3.63) is 0 Å². The zero-order valence-electron chi connectivity index (χ0n) is 8.02. The summed E-state index contributed by atoms with van der Waals surface area (Å²) in [7, 11) is 0. The lowest BCUT2D eigenvalue weighted by Gasteiger charge is -2.45. The third-order valence-corrected chi connectivity index (χ3v) is 4.08. The first kappa shape index (κ1) is 8.55. The zero-order chi connectivity index (χ0) is 8.44. The number of hydrogen-bond donors (Lipinski definition) is 1. The molecule has 1 nitrogen and oxygen atoms in total. The number of hydrogen-bond acceptors (Lipinski definition) is 1. The Morgan fingerprint density at radius 1 is 0.833 bits per heavy atom. The van der Waals surface area contributed by atoms with E-state index < -0.39 is 0 Å². The van der Waals surface area contributed by atoms with Gasteiger partial charge in [-0.1, -0.05) is 32.1 Å². The fourth-order valence-corrected chi connectivity index (χ4v) is 3.21. The van der Waals surface area contributed by atoms with Gasteiger partial charge in [0.1, 0.15) is 0 Å². The van der Waals surface area contributed by atoms with Crippen molar-refractivity contribution in [2.45, 2.75) is 63.8 Å². The van der Waals surface area contributed by atoms with Crippen molar-refractivity contribution < 1.29 is 0 Å². The van der Waals surface area contributed by atoms with Crippen molar-refractivity contribution >= 4 is 0 Å². The van der Waals surface area contributed by atoms with Crippen LogP contribution in [0.15, 0.2) is 0 Å². The van der Waals surface area contributed by atoms with Crippen molar-refractivity contribution in [2.75, 3.05) is 0 Å². The van der Waals surface area contributed by atoms with Crippen LogP contribution in [-0.2, 0) is 0 Å². The summed E-state index contributed by atoms with van der Waals surface area (Å²) in [6, 6.07) is 0.534. The summed E-state index contributed by atoms with van der Waals surface area (Å²) in [4.78, 5) is 0. The molecule has 2 N–H and O–H groups in total. The summed E-state index contributed by atoms with van der Waals surface area (Å²) in [6.45, 7) is 0. The Bertz CT molecular complexity index is 139. The molecule has 1 spiro atoms. The summed E-state index contributed by atoms with van der Waals surface area (Å²) in [5.41, 5.74) is 6.84. The first-order chi connectivity index (χ1) is 5.83. The summed E-state index contributed by atoms with van der Waals surface area (Å²) < 4.78 is 0. The molecule has 0 aromatic carbocycles. The van der Waals surface area contributed by atoms with E-state index in [2.05, 4.69) is 0 Å². The van der Waals surface area contributed by atoms with Crippen LogP contribution in [0.5, 0.6) is 0 Å². The van der Waals surface area contributed by atoms with Gasteiger partial charge in [0.2, 0.25) is 0 Å². The Morgan fingerprint density at radius 3 is 2.08 bits per heavy atom. The smallest absolute Gasteiger partial charge is 0.00955 e. The molecule has 2 aliphatic rings. The van der Waals surface area contributed by atoms with Crippen molar-refractivity contribution in [1.82, 2.24) is 0 Å². The van der Waals surface area contributed by atoms with Crippen LogP contribution in [0.4, 0.5) is 0 Å². The van der Waals surface area contributed by atoms with E-state index in [1.54, 1.807) is 0 Å². The highest BCUT2D eigenvalue weighted by Crippen LogP contribution is 2.46. The van der Waals surface area contributed by atoms with Gasteiger partial charge >= 0.3 is 0 Å². The van der Waals surface area contributed by atoms with Gasteiger partial charge in [0, 0.05) is 6.04 Å².